The van der Waals surface area contributed by atoms with Gasteiger partial charge in [-0.05, 0) is 60.6 Å². The van der Waals surface area contributed by atoms with Gasteiger partial charge in [0.15, 0.2) is 0 Å². The molecule has 0 aliphatic heterocycles. The zero-order valence-electron chi connectivity index (χ0n) is 25.6. The summed E-state index contributed by atoms with van der Waals surface area (Å²) in [5.41, 5.74) is 3.07. The van der Waals surface area contributed by atoms with Crippen LogP contribution in [0.1, 0.15) is 105 Å². The molecule has 0 radical (unpaired) electrons. The molecule has 2 atom stereocenters. The molecule has 2 aromatic carbocycles. The Morgan fingerprint density at radius 3 is 1.61 bits per heavy atom. The third-order valence-electron chi connectivity index (χ3n) is 7.64. The van der Waals surface area contributed by atoms with E-state index in [9.17, 15) is 15.0 Å². The van der Waals surface area contributed by atoms with Crippen molar-refractivity contribution in [2.45, 2.75) is 99.5 Å². The number of carboxylic acids is 1. The summed E-state index contributed by atoms with van der Waals surface area (Å²) >= 11 is 0. The van der Waals surface area contributed by atoms with Gasteiger partial charge < -0.3 is 10.2 Å². The summed E-state index contributed by atoms with van der Waals surface area (Å²) in [4.78, 5) is 13.1. The molecule has 1 aliphatic rings. The van der Waals surface area contributed by atoms with E-state index in [0.717, 1.165) is 33.4 Å². The van der Waals surface area contributed by atoms with Gasteiger partial charge in [-0.2, -0.15) is 0 Å². The Kier molecular flexibility index (Phi) is 7.49. The highest BCUT2D eigenvalue weighted by Gasteiger charge is 2.53. The first-order valence-corrected chi connectivity index (χ1v) is 13.8. The van der Waals surface area contributed by atoms with Gasteiger partial charge in [0.1, 0.15) is 11.5 Å². The van der Waals surface area contributed by atoms with Crippen molar-refractivity contribution in [1.29, 1.82) is 0 Å². The van der Waals surface area contributed by atoms with E-state index in [1.165, 1.54) is 0 Å². The van der Waals surface area contributed by atoms with Crippen LogP contribution in [0.15, 0.2) is 65.8 Å². The van der Waals surface area contributed by atoms with Crippen molar-refractivity contribution >= 4 is 11.5 Å². The molecule has 3 heteroatoms. The summed E-state index contributed by atoms with van der Waals surface area (Å²) < 4.78 is 0. The molecule has 2 aromatic rings. The number of hydrogen-bond donors (Lipinski definition) is 2. The van der Waals surface area contributed by atoms with Gasteiger partial charge in [0.2, 0.25) is 0 Å². The van der Waals surface area contributed by atoms with Crippen molar-refractivity contribution in [1.82, 2.24) is 0 Å². The lowest BCUT2D eigenvalue weighted by Crippen LogP contribution is -2.46. The first kappa shape index (κ1) is 29.9. The van der Waals surface area contributed by atoms with Crippen molar-refractivity contribution < 1.29 is 15.0 Å². The first-order valence-electron chi connectivity index (χ1n) is 13.8. The topological polar surface area (TPSA) is 57.5 Å². The third-order valence-corrected chi connectivity index (χ3v) is 7.64. The minimum absolute atomic E-state index is 0.217. The van der Waals surface area contributed by atoms with Crippen molar-refractivity contribution in [2.75, 3.05) is 0 Å². The molecule has 2 unspecified atom stereocenters. The maximum Gasteiger partial charge on any atom is 0.314 e. The monoisotopic (exact) mass is 516 g/mol. The van der Waals surface area contributed by atoms with Gasteiger partial charge in [-0.15, -0.1) is 0 Å². The second kappa shape index (κ2) is 9.52. The van der Waals surface area contributed by atoms with Crippen molar-refractivity contribution in [3.63, 3.8) is 0 Å². The molecule has 0 aromatic heterocycles. The largest absolute Gasteiger partial charge is 0.481 e. The Bertz CT molecular complexity index is 1280. The summed E-state index contributed by atoms with van der Waals surface area (Å²) in [6, 6.07) is 16.2. The SMILES string of the molecule is CC(C)(C)C1=CC(C(=O)O)C(c2ccccc2C(C)(C)C)=C(C(C)(C)C)C1(O)c1ccccc1C(C)(C)C. The van der Waals surface area contributed by atoms with E-state index in [-0.39, 0.29) is 10.8 Å². The molecular weight excluding hydrogens is 468 g/mol. The summed E-state index contributed by atoms with van der Waals surface area (Å²) in [5, 5.41) is 24.1. The van der Waals surface area contributed by atoms with Crippen LogP contribution < -0.4 is 0 Å². The van der Waals surface area contributed by atoms with Gasteiger partial charge in [-0.3, -0.25) is 4.79 Å². The molecule has 3 rings (SSSR count). The summed E-state index contributed by atoms with van der Waals surface area (Å²) in [7, 11) is 0. The Balaban J connectivity index is 2.68. The standard InChI is InChI=1S/C35H48O3/c1-31(2,3)24-18-14-13-17-22(24)28-23(30(36)37)21-27(33(7,8)9)35(38,29(28)34(10,11)12)26-20-16-15-19-25(26)32(4,5)6/h13-21,23,38H,1-12H3,(H,36,37). The molecule has 0 heterocycles. The molecule has 3 nitrogen and oxygen atoms in total. The molecule has 1 aliphatic carbocycles. The summed E-state index contributed by atoms with van der Waals surface area (Å²) in [5.74, 6) is -1.79. The second-order valence-electron chi connectivity index (χ2n) is 15.0. The summed E-state index contributed by atoms with van der Waals surface area (Å²) in [6.45, 7) is 25.4. The van der Waals surface area contributed by atoms with Crippen LogP contribution in [0.2, 0.25) is 0 Å². The highest BCUT2D eigenvalue weighted by Crippen LogP contribution is 2.59. The van der Waals surface area contributed by atoms with Crippen LogP contribution in [0.3, 0.4) is 0 Å². The highest BCUT2D eigenvalue weighted by atomic mass is 16.4. The maximum atomic E-state index is 13.4. The van der Waals surface area contributed by atoms with Crippen LogP contribution in [0.5, 0.6) is 0 Å². The summed E-state index contributed by atoms with van der Waals surface area (Å²) in [6.07, 6.45) is 1.84. The van der Waals surface area contributed by atoms with Gasteiger partial charge in [0.25, 0.3) is 0 Å². The highest BCUT2D eigenvalue weighted by molar-refractivity contribution is 5.94. The Hall–Kier alpha value is -2.65. The van der Waals surface area contributed by atoms with Gasteiger partial charge in [-0.25, -0.2) is 0 Å². The smallest absolute Gasteiger partial charge is 0.314 e. The van der Waals surface area contributed by atoms with Crippen LogP contribution in [-0.4, -0.2) is 16.2 Å². The predicted octanol–water partition coefficient (Wildman–Crippen LogP) is 8.66. The fourth-order valence-electron chi connectivity index (χ4n) is 6.20. The van der Waals surface area contributed by atoms with Gasteiger partial charge >= 0.3 is 5.97 Å². The minimum atomic E-state index is -1.49. The molecule has 0 spiro atoms. The van der Waals surface area contributed by atoms with Crippen LogP contribution in [0, 0.1) is 16.7 Å². The zero-order valence-corrected chi connectivity index (χ0v) is 25.6. The molecule has 2 N–H and O–H groups in total. The van der Waals surface area contributed by atoms with Gasteiger partial charge in [-0.1, -0.05) is 138 Å². The van der Waals surface area contributed by atoms with E-state index in [0.29, 0.717) is 5.57 Å². The fraction of sp³-hybridized carbons (Fsp3) is 0.514. The Morgan fingerprint density at radius 2 is 1.16 bits per heavy atom. The molecule has 0 saturated heterocycles. The first-order chi connectivity index (χ1) is 17.1. The number of carbonyl (C=O) groups is 1. The maximum absolute atomic E-state index is 13.4. The van der Waals surface area contributed by atoms with Gasteiger partial charge in [0.05, 0.1) is 0 Å². The molecule has 206 valence electrons. The average molecular weight is 517 g/mol. The number of carboxylic acid groups (broad SMARTS) is 1. The average Bonchev–Trinajstić information content (AvgIpc) is 2.75. The number of aliphatic carboxylic acids is 1. The Morgan fingerprint density at radius 1 is 0.684 bits per heavy atom. The normalized spacial score (nSPS) is 21.4. The van der Waals surface area contributed by atoms with Crippen LogP contribution >= 0.6 is 0 Å². The molecule has 0 amide bonds. The minimum Gasteiger partial charge on any atom is -0.481 e. The molecular formula is C35H48O3. The van der Waals surface area contributed by atoms with E-state index in [1.54, 1.807) is 0 Å². The van der Waals surface area contributed by atoms with Crippen molar-refractivity contribution in [3.05, 3.63) is 88.0 Å². The van der Waals surface area contributed by atoms with E-state index in [1.807, 2.05) is 42.5 Å². The molecule has 0 saturated carbocycles. The lowest BCUT2D eigenvalue weighted by Gasteiger charge is -2.50. The second-order valence-corrected chi connectivity index (χ2v) is 15.0. The van der Waals surface area contributed by atoms with Crippen molar-refractivity contribution in [3.8, 4) is 0 Å². The molecule has 0 fully saturated rings. The fourth-order valence-corrected chi connectivity index (χ4v) is 6.20. The van der Waals surface area contributed by atoms with Gasteiger partial charge in [0, 0.05) is 0 Å². The van der Waals surface area contributed by atoms with E-state index >= 15 is 0 Å². The van der Waals surface area contributed by atoms with E-state index < -0.39 is 28.3 Å². The van der Waals surface area contributed by atoms with E-state index in [2.05, 4.69) is 95.2 Å². The van der Waals surface area contributed by atoms with Crippen LogP contribution in [0.4, 0.5) is 0 Å². The third kappa shape index (κ3) is 5.27. The van der Waals surface area contributed by atoms with Crippen molar-refractivity contribution in [2.24, 2.45) is 16.7 Å². The number of hydrogen-bond acceptors (Lipinski definition) is 2. The Labute approximate surface area is 230 Å². The van der Waals surface area contributed by atoms with Crippen LogP contribution in [0.25, 0.3) is 5.57 Å². The number of aliphatic hydroxyl groups is 1. The number of benzene rings is 2. The predicted molar refractivity (Wildman–Crippen MR) is 159 cm³/mol. The van der Waals surface area contributed by atoms with E-state index in [4.69, 9.17) is 0 Å². The quantitative estimate of drug-likeness (QED) is 0.401. The lowest BCUT2D eigenvalue weighted by atomic mass is 9.56. The number of rotatable bonds is 3. The molecule has 38 heavy (non-hydrogen) atoms. The van der Waals surface area contributed by atoms with Crippen LogP contribution in [-0.2, 0) is 21.2 Å². The zero-order chi connectivity index (χ0) is 29.1. The molecule has 0 bridgehead atoms. The lowest BCUT2D eigenvalue weighted by molar-refractivity contribution is -0.138.